The zero-order valence-corrected chi connectivity index (χ0v) is 20.1. The fraction of sp³-hybridized carbons (Fsp3) is 0.208. The molecule has 0 aliphatic carbocycles. The van der Waals surface area contributed by atoms with Crippen LogP contribution < -0.4 is 9.80 Å². The molecule has 4 rings (SSSR count). The molecule has 1 aliphatic heterocycles. The summed E-state index contributed by atoms with van der Waals surface area (Å²) in [6.07, 6.45) is 0. The van der Waals surface area contributed by atoms with Crippen LogP contribution in [0.2, 0.25) is 0 Å². The number of amides is 2. The molecule has 1 saturated heterocycles. The van der Waals surface area contributed by atoms with Gasteiger partial charge in [-0.15, -0.1) is 0 Å². The van der Waals surface area contributed by atoms with Crippen LogP contribution in [0, 0.1) is 13.8 Å². The van der Waals surface area contributed by atoms with Gasteiger partial charge in [-0.2, -0.15) is 0 Å². The van der Waals surface area contributed by atoms with Gasteiger partial charge in [0.05, 0.1) is 6.04 Å². The quantitative estimate of drug-likeness (QED) is 0.420. The molecule has 1 fully saturated rings. The molecule has 0 saturated carbocycles. The van der Waals surface area contributed by atoms with Crippen LogP contribution >= 0.6 is 31.9 Å². The second-order valence-corrected chi connectivity index (χ2v) is 9.55. The predicted octanol–water partition coefficient (Wildman–Crippen LogP) is 6.51. The van der Waals surface area contributed by atoms with Crippen molar-refractivity contribution in [1.82, 2.24) is 0 Å². The number of nitrogens with zero attached hydrogens (tertiary/aromatic N) is 2. The molecule has 2 atom stereocenters. The number of aryl methyl sites for hydroxylation is 2. The number of aliphatic hydroxyl groups is 1. The first-order valence-corrected chi connectivity index (χ1v) is 11.3. The second kappa shape index (κ2) is 7.84. The third kappa shape index (κ3) is 3.47. The monoisotopic (exact) mass is 528 g/mol. The maximum absolute atomic E-state index is 13.7. The van der Waals surface area contributed by atoms with Crippen molar-refractivity contribution in [2.24, 2.45) is 0 Å². The first-order chi connectivity index (χ1) is 14.2. The minimum absolute atomic E-state index is 0.270. The molecule has 6 heteroatoms. The van der Waals surface area contributed by atoms with Crippen LogP contribution in [-0.2, 0) is 5.72 Å². The number of benzene rings is 3. The van der Waals surface area contributed by atoms with E-state index in [-0.39, 0.29) is 6.03 Å². The lowest BCUT2D eigenvalue weighted by atomic mass is 9.92. The van der Waals surface area contributed by atoms with Crippen LogP contribution in [0.25, 0.3) is 0 Å². The normalized spacial score (nSPS) is 21.4. The summed E-state index contributed by atoms with van der Waals surface area (Å²) in [5.41, 5.74) is 2.61. The number of rotatable bonds is 3. The van der Waals surface area contributed by atoms with Gasteiger partial charge in [0.1, 0.15) is 0 Å². The van der Waals surface area contributed by atoms with E-state index in [4.69, 9.17) is 0 Å². The second-order valence-electron chi connectivity index (χ2n) is 7.72. The Morgan fingerprint density at radius 1 is 0.833 bits per heavy atom. The molecule has 3 aromatic carbocycles. The molecule has 0 radical (unpaired) electrons. The van der Waals surface area contributed by atoms with Gasteiger partial charge in [0.25, 0.3) is 0 Å². The Hall–Kier alpha value is -2.15. The SMILES string of the molecule is Cc1cc(C)cc(C2(O)[C@@H](C)N(c3ccc(Br)cc3)C(=O)N2c2ccc(Br)cc2)c1. The van der Waals surface area contributed by atoms with Crippen LogP contribution in [0.4, 0.5) is 16.2 Å². The Morgan fingerprint density at radius 3 is 1.80 bits per heavy atom. The van der Waals surface area contributed by atoms with Crippen molar-refractivity contribution in [1.29, 1.82) is 0 Å². The van der Waals surface area contributed by atoms with Gasteiger partial charge in [-0.25, -0.2) is 4.79 Å². The third-order valence-corrected chi connectivity index (χ3v) is 6.60. The van der Waals surface area contributed by atoms with Gasteiger partial charge < -0.3 is 5.11 Å². The van der Waals surface area contributed by atoms with Gasteiger partial charge in [-0.3, -0.25) is 9.80 Å². The van der Waals surface area contributed by atoms with Gasteiger partial charge in [0.2, 0.25) is 0 Å². The Kier molecular flexibility index (Phi) is 5.51. The third-order valence-electron chi connectivity index (χ3n) is 5.54. The standard InChI is InChI=1S/C24H22Br2N2O2/c1-15-12-16(2)14-18(13-15)24(30)17(3)27(21-8-4-19(25)5-9-21)23(29)28(24)22-10-6-20(26)7-11-22/h4-14,17,30H,1-3H3/t17-,24?/m1/s1. The van der Waals surface area contributed by atoms with Crippen molar-refractivity contribution in [2.45, 2.75) is 32.5 Å². The first kappa shape index (κ1) is 21.1. The van der Waals surface area contributed by atoms with Crippen molar-refractivity contribution in [3.63, 3.8) is 0 Å². The number of halogens is 2. The Labute approximate surface area is 193 Å². The molecular formula is C24H22Br2N2O2. The Morgan fingerprint density at radius 2 is 1.30 bits per heavy atom. The maximum atomic E-state index is 13.7. The maximum Gasteiger partial charge on any atom is 0.332 e. The van der Waals surface area contributed by atoms with E-state index in [9.17, 15) is 9.90 Å². The summed E-state index contributed by atoms with van der Waals surface area (Å²) >= 11 is 6.90. The summed E-state index contributed by atoms with van der Waals surface area (Å²) in [6, 6.07) is 20.2. The molecular weight excluding hydrogens is 508 g/mol. The summed E-state index contributed by atoms with van der Waals surface area (Å²) in [7, 11) is 0. The molecule has 0 bridgehead atoms. The van der Waals surface area contributed by atoms with Crippen LogP contribution in [-0.4, -0.2) is 17.2 Å². The molecule has 30 heavy (non-hydrogen) atoms. The van der Waals surface area contributed by atoms with E-state index in [1.165, 1.54) is 4.90 Å². The summed E-state index contributed by atoms with van der Waals surface area (Å²) in [6.45, 7) is 5.88. The van der Waals surface area contributed by atoms with Gasteiger partial charge in [-0.1, -0.05) is 61.2 Å². The van der Waals surface area contributed by atoms with E-state index < -0.39 is 11.8 Å². The highest BCUT2D eigenvalue weighted by Crippen LogP contribution is 2.45. The van der Waals surface area contributed by atoms with E-state index in [2.05, 4.69) is 37.9 Å². The number of anilines is 2. The number of carbonyl (C=O) groups is 1. The molecule has 0 aromatic heterocycles. The lowest BCUT2D eigenvalue weighted by Crippen LogP contribution is -2.48. The van der Waals surface area contributed by atoms with E-state index in [1.807, 2.05) is 81.4 Å². The molecule has 1 N–H and O–H groups in total. The first-order valence-electron chi connectivity index (χ1n) is 9.67. The van der Waals surface area contributed by atoms with Crippen molar-refractivity contribution in [3.05, 3.63) is 92.4 Å². The summed E-state index contributed by atoms with van der Waals surface area (Å²) in [5, 5.41) is 12.2. The number of hydrogen-bond donors (Lipinski definition) is 1. The van der Waals surface area contributed by atoms with Crippen molar-refractivity contribution in [3.8, 4) is 0 Å². The summed E-state index contributed by atoms with van der Waals surface area (Å²) < 4.78 is 1.84. The number of hydrogen-bond acceptors (Lipinski definition) is 2. The number of carbonyl (C=O) groups excluding carboxylic acids is 1. The predicted molar refractivity (Wildman–Crippen MR) is 128 cm³/mol. The average Bonchev–Trinajstić information content (AvgIpc) is 2.90. The molecule has 1 heterocycles. The molecule has 4 nitrogen and oxygen atoms in total. The van der Waals surface area contributed by atoms with Crippen molar-refractivity contribution in [2.75, 3.05) is 9.80 Å². The molecule has 2 amide bonds. The van der Waals surface area contributed by atoms with Gasteiger partial charge >= 0.3 is 6.03 Å². The van der Waals surface area contributed by atoms with Crippen LogP contribution in [0.15, 0.2) is 75.7 Å². The molecule has 1 unspecified atom stereocenters. The molecule has 154 valence electrons. The largest absolute Gasteiger partial charge is 0.365 e. The van der Waals surface area contributed by atoms with E-state index in [0.29, 0.717) is 11.3 Å². The zero-order chi connectivity index (χ0) is 21.6. The van der Waals surface area contributed by atoms with E-state index in [0.717, 1.165) is 25.8 Å². The number of urea groups is 1. The summed E-state index contributed by atoms with van der Waals surface area (Å²) in [4.78, 5) is 16.9. The van der Waals surface area contributed by atoms with Crippen LogP contribution in [0.5, 0.6) is 0 Å². The van der Waals surface area contributed by atoms with E-state index >= 15 is 0 Å². The highest BCUT2D eigenvalue weighted by Gasteiger charge is 2.56. The lowest BCUT2D eigenvalue weighted by molar-refractivity contribution is 0.0371. The summed E-state index contributed by atoms with van der Waals surface area (Å²) in [5.74, 6) is 0. The minimum atomic E-state index is -1.53. The van der Waals surface area contributed by atoms with Gasteiger partial charge in [-0.05, 0) is 69.3 Å². The molecule has 0 spiro atoms. The fourth-order valence-electron chi connectivity index (χ4n) is 4.18. The highest BCUT2D eigenvalue weighted by molar-refractivity contribution is 9.10. The topological polar surface area (TPSA) is 43.8 Å². The zero-order valence-electron chi connectivity index (χ0n) is 16.9. The lowest BCUT2D eigenvalue weighted by Gasteiger charge is -2.36. The van der Waals surface area contributed by atoms with Crippen LogP contribution in [0.1, 0.15) is 23.6 Å². The smallest absolute Gasteiger partial charge is 0.332 e. The van der Waals surface area contributed by atoms with Gasteiger partial charge in [0.15, 0.2) is 5.72 Å². The Balaban J connectivity index is 1.92. The van der Waals surface area contributed by atoms with Crippen molar-refractivity contribution >= 4 is 49.3 Å². The van der Waals surface area contributed by atoms with Gasteiger partial charge in [0, 0.05) is 25.9 Å². The highest BCUT2D eigenvalue weighted by atomic mass is 79.9. The van der Waals surface area contributed by atoms with Crippen molar-refractivity contribution < 1.29 is 9.90 Å². The molecule has 3 aromatic rings. The van der Waals surface area contributed by atoms with Crippen LogP contribution in [0.3, 0.4) is 0 Å². The fourth-order valence-corrected chi connectivity index (χ4v) is 4.71. The van der Waals surface area contributed by atoms with E-state index in [1.54, 1.807) is 4.90 Å². The Bertz CT molecular complexity index is 1080. The molecule has 1 aliphatic rings. The average molecular weight is 530 g/mol. The minimum Gasteiger partial charge on any atom is -0.365 e.